The van der Waals surface area contributed by atoms with Crippen LogP contribution < -0.4 is 10.6 Å². The van der Waals surface area contributed by atoms with Gasteiger partial charge in [-0.15, -0.1) is 0 Å². The van der Waals surface area contributed by atoms with Crippen LogP contribution in [0.4, 0.5) is 8.78 Å². The zero-order valence-corrected chi connectivity index (χ0v) is 13.0. The summed E-state index contributed by atoms with van der Waals surface area (Å²) in [7, 11) is 1.41. The Morgan fingerprint density at radius 3 is 2.32 bits per heavy atom. The fourth-order valence-electron chi connectivity index (χ4n) is 1.99. The Hall–Kier alpha value is -2.02. The van der Waals surface area contributed by atoms with E-state index in [1.807, 2.05) is 18.7 Å². The lowest BCUT2D eigenvalue weighted by molar-refractivity contribution is -0.129. The number of hydrogen-bond acceptors (Lipinski definition) is 3. The lowest BCUT2D eigenvalue weighted by Gasteiger charge is -2.21. The highest BCUT2D eigenvalue weighted by Gasteiger charge is 2.23. The van der Waals surface area contributed by atoms with E-state index in [-0.39, 0.29) is 18.0 Å². The van der Waals surface area contributed by atoms with Crippen LogP contribution in [0.15, 0.2) is 18.2 Å². The number of hydrogen-bond donors (Lipinski definition) is 2. The molecule has 0 aromatic heterocycles. The second-order valence-electron chi connectivity index (χ2n) is 4.75. The number of carbonyl (C=O) groups is 2. The SMILES string of the molecule is CCN(CC)CC(=O)NC(C(=O)NC)c1ccc(F)c(F)c1. The molecule has 7 heteroatoms. The van der Waals surface area contributed by atoms with Crippen LogP contribution in [0.5, 0.6) is 0 Å². The first-order valence-corrected chi connectivity index (χ1v) is 7.11. The van der Waals surface area contributed by atoms with Gasteiger partial charge in [0.15, 0.2) is 11.6 Å². The predicted molar refractivity (Wildman–Crippen MR) is 79.1 cm³/mol. The third-order valence-corrected chi connectivity index (χ3v) is 3.35. The predicted octanol–water partition coefficient (Wildman–Crippen LogP) is 1.21. The molecule has 22 heavy (non-hydrogen) atoms. The summed E-state index contributed by atoms with van der Waals surface area (Å²) in [6.45, 7) is 5.36. The molecule has 1 unspecified atom stereocenters. The van der Waals surface area contributed by atoms with Crippen molar-refractivity contribution in [1.29, 1.82) is 0 Å². The molecule has 5 nitrogen and oxygen atoms in total. The minimum Gasteiger partial charge on any atom is -0.357 e. The molecule has 0 radical (unpaired) electrons. The minimum absolute atomic E-state index is 0.129. The maximum atomic E-state index is 13.3. The summed E-state index contributed by atoms with van der Waals surface area (Å²) in [5, 5.41) is 4.95. The molecule has 0 bridgehead atoms. The Bertz CT molecular complexity index is 534. The first kappa shape index (κ1) is 18.0. The highest BCUT2D eigenvalue weighted by Crippen LogP contribution is 2.17. The van der Waals surface area contributed by atoms with Crippen LogP contribution >= 0.6 is 0 Å². The van der Waals surface area contributed by atoms with Crippen LogP contribution in [0.1, 0.15) is 25.5 Å². The molecule has 1 aromatic carbocycles. The number of halogens is 2. The third kappa shape index (κ3) is 4.77. The molecule has 2 N–H and O–H groups in total. The van der Waals surface area contributed by atoms with Gasteiger partial charge in [-0.1, -0.05) is 19.9 Å². The maximum Gasteiger partial charge on any atom is 0.246 e. The molecule has 122 valence electrons. The molecule has 0 heterocycles. The van der Waals surface area contributed by atoms with Crippen molar-refractivity contribution in [3.8, 4) is 0 Å². The summed E-state index contributed by atoms with van der Waals surface area (Å²) < 4.78 is 26.3. The fraction of sp³-hybridized carbons (Fsp3) is 0.467. The van der Waals surface area contributed by atoms with Crippen LogP contribution in [0.2, 0.25) is 0 Å². The first-order valence-electron chi connectivity index (χ1n) is 7.11. The normalized spacial score (nSPS) is 12.1. The van der Waals surface area contributed by atoms with Gasteiger partial charge in [-0.25, -0.2) is 8.78 Å². The third-order valence-electron chi connectivity index (χ3n) is 3.35. The summed E-state index contributed by atoms with van der Waals surface area (Å²) in [4.78, 5) is 25.8. The molecule has 1 atom stereocenters. The largest absolute Gasteiger partial charge is 0.357 e. The second kappa shape index (κ2) is 8.43. The fourth-order valence-corrected chi connectivity index (χ4v) is 1.99. The van der Waals surface area contributed by atoms with Gasteiger partial charge in [0.2, 0.25) is 11.8 Å². The smallest absolute Gasteiger partial charge is 0.246 e. The number of amides is 2. The molecule has 0 fully saturated rings. The Balaban J connectivity index is 2.91. The van der Waals surface area contributed by atoms with Crippen molar-refractivity contribution < 1.29 is 18.4 Å². The number of benzene rings is 1. The van der Waals surface area contributed by atoms with Crippen LogP contribution in [0.3, 0.4) is 0 Å². The van der Waals surface area contributed by atoms with Crippen LogP contribution in [0.25, 0.3) is 0 Å². The van der Waals surface area contributed by atoms with E-state index in [2.05, 4.69) is 10.6 Å². The average molecular weight is 313 g/mol. The van der Waals surface area contributed by atoms with Gasteiger partial charge in [0.1, 0.15) is 6.04 Å². The number of nitrogens with one attached hydrogen (secondary N) is 2. The minimum atomic E-state index is -1.07. The lowest BCUT2D eigenvalue weighted by atomic mass is 10.1. The number of nitrogens with zero attached hydrogens (tertiary/aromatic N) is 1. The van der Waals surface area contributed by atoms with Crippen molar-refractivity contribution in [3.05, 3.63) is 35.4 Å². The summed E-state index contributed by atoms with van der Waals surface area (Å²) in [6.07, 6.45) is 0. The number of likely N-dealkylation sites (N-methyl/N-ethyl adjacent to an activating group) is 2. The van der Waals surface area contributed by atoms with Gasteiger partial charge in [0.25, 0.3) is 0 Å². The van der Waals surface area contributed by atoms with Gasteiger partial charge in [-0.2, -0.15) is 0 Å². The van der Waals surface area contributed by atoms with Crippen molar-refractivity contribution in [2.24, 2.45) is 0 Å². The van der Waals surface area contributed by atoms with Gasteiger partial charge in [0, 0.05) is 7.05 Å². The summed E-state index contributed by atoms with van der Waals surface area (Å²) in [5.41, 5.74) is 0.186. The first-order chi connectivity index (χ1) is 10.4. The molecule has 0 aliphatic rings. The molecule has 0 saturated carbocycles. The van der Waals surface area contributed by atoms with Gasteiger partial charge in [-0.3, -0.25) is 14.5 Å². The Labute approximate surface area is 128 Å². The van der Waals surface area contributed by atoms with Crippen LogP contribution in [-0.4, -0.2) is 43.4 Å². The van der Waals surface area contributed by atoms with E-state index >= 15 is 0 Å². The van der Waals surface area contributed by atoms with Gasteiger partial charge < -0.3 is 10.6 Å². The quantitative estimate of drug-likeness (QED) is 0.795. The maximum absolute atomic E-state index is 13.3. The van der Waals surface area contributed by atoms with E-state index < -0.39 is 23.6 Å². The molecule has 0 spiro atoms. The summed E-state index contributed by atoms with van der Waals surface area (Å²) in [5.74, 6) is -2.93. The van der Waals surface area contributed by atoms with Gasteiger partial charge in [0.05, 0.1) is 6.54 Å². The summed E-state index contributed by atoms with van der Waals surface area (Å²) in [6, 6.07) is 2.04. The van der Waals surface area contributed by atoms with Crippen molar-refractivity contribution in [2.45, 2.75) is 19.9 Å². The summed E-state index contributed by atoms with van der Waals surface area (Å²) >= 11 is 0. The van der Waals surface area contributed by atoms with E-state index in [9.17, 15) is 18.4 Å². The monoisotopic (exact) mass is 313 g/mol. The molecule has 2 amide bonds. The molecular weight excluding hydrogens is 292 g/mol. The number of rotatable bonds is 7. The molecule has 0 saturated heterocycles. The highest BCUT2D eigenvalue weighted by atomic mass is 19.2. The van der Waals surface area contributed by atoms with Crippen LogP contribution in [-0.2, 0) is 9.59 Å². The van der Waals surface area contributed by atoms with Crippen LogP contribution in [0, 0.1) is 11.6 Å². The lowest BCUT2D eigenvalue weighted by Crippen LogP contribution is -2.43. The topological polar surface area (TPSA) is 61.4 Å². The van der Waals surface area contributed by atoms with Gasteiger partial charge in [-0.05, 0) is 30.8 Å². The molecule has 1 aromatic rings. The van der Waals surface area contributed by atoms with Crippen molar-refractivity contribution >= 4 is 11.8 Å². The second-order valence-corrected chi connectivity index (χ2v) is 4.75. The standard InChI is InChI=1S/C15H21F2N3O2/c1-4-20(5-2)9-13(21)19-14(15(22)18-3)10-6-7-11(16)12(17)8-10/h6-8,14H,4-5,9H2,1-3H3,(H,18,22)(H,19,21). The van der Waals surface area contributed by atoms with E-state index in [0.29, 0.717) is 13.1 Å². The highest BCUT2D eigenvalue weighted by molar-refractivity contribution is 5.89. The zero-order chi connectivity index (χ0) is 16.7. The number of carbonyl (C=O) groups excluding carboxylic acids is 2. The molecule has 0 aliphatic carbocycles. The van der Waals surface area contributed by atoms with Crippen molar-refractivity contribution in [2.75, 3.05) is 26.7 Å². The Kier molecular flexibility index (Phi) is 6.91. The van der Waals surface area contributed by atoms with Crippen molar-refractivity contribution in [3.63, 3.8) is 0 Å². The molecular formula is C15H21F2N3O2. The van der Waals surface area contributed by atoms with E-state index in [1.54, 1.807) is 0 Å². The van der Waals surface area contributed by atoms with E-state index in [1.165, 1.54) is 13.1 Å². The van der Waals surface area contributed by atoms with E-state index in [4.69, 9.17) is 0 Å². The van der Waals surface area contributed by atoms with E-state index in [0.717, 1.165) is 12.1 Å². The van der Waals surface area contributed by atoms with Crippen molar-refractivity contribution in [1.82, 2.24) is 15.5 Å². The molecule has 1 rings (SSSR count). The Morgan fingerprint density at radius 1 is 1.18 bits per heavy atom. The molecule has 0 aliphatic heterocycles. The van der Waals surface area contributed by atoms with Gasteiger partial charge >= 0.3 is 0 Å². The Morgan fingerprint density at radius 2 is 1.82 bits per heavy atom. The average Bonchev–Trinajstić information content (AvgIpc) is 2.52. The zero-order valence-electron chi connectivity index (χ0n) is 13.0.